The molecule has 0 aliphatic heterocycles. The first-order valence-electron chi connectivity index (χ1n) is 5.51. The number of benzene rings is 1. The third kappa shape index (κ3) is 3.48. The van der Waals surface area contributed by atoms with Gasteiger partial charge in [0.25, 0.3) is 5.91 Å². The van der Waals surface area contributed by atoms with Crippen LogP contribution in [0, 0.1) is 17.5 Å². The molecule has 0 heterocycles. The molecule has 0 fully saturated rings. The molecule has 100 valence electrons. The van der Waals surface area contributed by atoms with Gasteiger partial charge in [-0.2, -0.15) is 0 Å². The van der Waals surface area contributed by atoms with Gasteiger partial charge in [0.2, 0.25) is 0 Å². The SMILES string of the molecule is CCN(CCCBr)C(=O)c1cc(F)c(F)c(F)c1. The second-order valence-corrected chi connectivity index (χ2v) is 4.47. The van der Waals surface area contributed by atoms with Crippen molar-refractivity contribution in [3.8, 4) is 0 Å². The fraction of sp³-hybridized carbons (Fsp3) is 0.417. The number of carbonyl (C=O) groups excluding carboxylic acids is 1. The lowest BCUT2D eigenvalue weighted by Crippen LogP contribution is -2.32. The van der Waals surface area contributed by atoms with Crippen molar-refractivity contribution >= 4 is 21.8 Å². The summed E-state index contributed by atoms with van der Waals surface area (Å²) in [7, 11) is 0. The van der Waals surface area contributed by atoms with Crippen molar-refractivity contribution in [2.24, 2.45) is 0 Å². The predicted octanol–water partition coefficient (Wildman–Crippen LogP) is 3.35. The molecule has 1 amide bonds. The largest absolute Gasteiger partial charge is 0.339 e. The molecule has 0 unspecified atom stereocenters. The third-order valence-electron chi connectivity index (χ3n) is 2.46. The van der Waals surface area contributed by atoms with E-state index < -0.39 is 23.4 Å². The average Bonchev–Trinajstić information content (AvgIpc) is 2.36. The molecule has 18 heavy (non-hydrogen) atoms. The molecule has 0 spiro atoms. The zero-order chi connectivity index (χ0) is 13.7. The number of nitrogens with zero attached hydrogens (tertiary/aromatic N) is 1. The van der Waals surface area contributed by atoms with Gasteiger partial charge in [-0.3, -0.25) is 4.79 Å². The Bertz CT molecular complexity index is 416. The van der Waals surface area contributed by atoms with E-state index in [1.807, 2.05) is 0 Å². The summed E-state index contributed by atoms with van der Waals surface area (Å²) < 4.78 is 38.8. The highest BCUT2D eigenvalue weighted by Gasteiger charge is 2.18. The highest BCUT2D eigenvalue weighted by molar-refractivity contribution is 9.09. The van der Waals surface area contributed by atoms with E-state index in [0.717, 1.165) is 23.9 Å². The molecule has 2 nitrogen and oxygen atoms in total. The lowest BCUT2D eigenvalue weighted by Gasteiger charge is -2.20. The molecular weight excluding hydrogens is 311 g/mol. The second kappa shape index (κ2) is 6.78. The van der Waals surface area contributed by atoms with Gasteiger partial charge in [0.05, 0.1) is 0 Å². The zero-order valence-electron chi connectivity index (χ0n) is 9.85. The van der Waals surface area contributed by atoms with E-state index in [4.69, 9.17) is 0 Å². The van der Waals surface area contributed by atoms with Gasteiger partial charge in [-0.25, -0.2) is 13.2 Å². The summed E-state index contributed by atoms with van der Waals surface area (Å²) in [6, 6.07) is 1.44. The summed E-state index contributed by atoms with van der Waals surface area (Å²) in [5, 5.41) is 0.725. The molecule has 0 atom stereocenters. The Morgan fingerprint density at radius 1 is 1.28 bits per heavy atom. The van der Waals surface area contributed by atoms with Crippen molar-refractivity contribution in [3.05, 3.63) is 35.1 Å². The molecule has 0 saturated carbocycles. The highest BCUT2D eigenvalue weighted by Crippen LogP contribution is 2.15. The van der Waals surface area contributed by atoms with Gasteiger partial charge in [-0.05, 0) is 25.5 Å². The molecule has 1 aromatic carbocycles. The van der Waals surface area contributed by atoms with Crippen LogP contribution < -0.4 is 0 Å². The summed E-state index contributed by atoms with van der Waals surface area (Å²) in [6.07, 6.45) is 0.728. The van der Waals surface area contributed by atoms with Crippen LogP contribution in [-0.2, 0) is 0 Å². The number of halogens is 4. The minimum atomic E-state index is -1.56. The van der Waals surface area contributed by atoms with E-state index in [0.29, 0.717) is 13.1 Å². The lowest BCUT2D eigenvalue weighted by atomic mass is 10.1. The smallest absolute Gasteiger partial charge is 0.254 e. The number of hydrogen-bond acceptors (Lipinski definition) is 1. The van der Waals surface area contributed by atoms with Crippen LogP contribution in [-0.4, -0.2) is 29.2 Å². The molecular formula is C12H13BrF3NO. The Hall–Kier alpha value is -1.04. The summed E-state index contributed by atoms with van der Waals surface area (Å²) in [6.45, 7) is 2.66. The van der Waals surface area contributed by atoms with Gasteiger partial charge >= 0.3 is 0 Å². The maximum absolute atomic E-state index is 13.0. The Morgan fingerprint density at radius 2 is 1.83 bits per heavy atom. The molecule has 6 heteroatoms. The van der Waals surface area contributed by atoms with Crippen LogP contribution in [0.2, 0.25) is 0 Å². The minimum absolute atomic E-state index is 0.178. The summed E-state index contributed by atoms with van der Waals surface area (Å²) in [5.41, 5.74) is -0.178. The van der Waals surface area contributed by atoms with E-state index in [2.05, 4.69) is 15.9 Å². The molecule has 0 aliphatic carbocycles. The van der Waals surface area contributed by atoms with Crippen LogP contribution in [0.3, 0.4) is 0 Å². The standard InChI is InChI=1S/C12H13BrF3NO/c1-2-17(5-3-4-13)12(18)8-6-9(14)11(16)10(15)7-8/h6-7H,2-5H2,1H3. The summed E-state index contributed by atoms with van der Waals surface area (Å²) >= 11 is 3.24. The van der Waals surface area contributed by atoms with Gasteiger partial charge in [0, 0.05) is 24.0 Å². The van der Waals surface area contributed by atoms with E-state index in [1.165, 1.54) is 4.90 Å². The Morgan fingerprint density at radius 3 is 2.28 bits per heavy atom. The van der Waals surface area contributed by atoms with Crippen molar-refractivity contribution in [3.63, 3.8) is 0 Å². The van der Waals surface area contributed by atoms with Gasteiger partial charge in [-0.1, -0.05) is 15.9 Å². The van der Waals surface area contributed by atoms with E-state index >= 15 is 0 Å². The molecule has 0 bridgehead atoms. The predicted molar refractivity (Wildman–Crippen MR) is 66.3 cm³/mol. The number of amides is 1. The van der Waals surface area contributed by atoms with Crippen LogP contribution in [0.4, 0.5) is 13.2 Å². The topological polar surface area (TPSA) is 20.3 Å². The maximum Gasteiger partial charge on any atom is 0.254 e. The van der Waals surface area contributed by atoms with Gasteiger partial charge in [-0.15, -0.1) is 0 Å². The van der Waals surface area contributed by atoms with Crippen LogP contribution >= 0.6 is 15.9 Å². The first-order valence-corrected chi connectivity index (χ1v) is 6.63. The molecule has 1 rings (SSSR count). The van der Waals surface area contributed by atoms with Crippen molar-refractivity contribution in [1.29, 1.82) is 0 Å². The fourth-order valence-corrected chi connectivity index (χ4v) is 1.77. The van der Waals surface area contributed by atoms with Crippen LogP contribution in [0.1, 0.15) is 23.7 Å². The Balaban J connectivity index is 2.95. The number of carbonyl (C=O) groups is 1. The highest BCUT2D eigenvalue weighted by atomic mass is 79.9. The second-order valence-electron chi connectivity index (χ2n) is 3.68. The maximum atomic E-state index is 13.0. The molecule has 1 aromatic rings. The lowest BCUT2D eigenvalue weighted by molar-refractivity contribution is 0.0764. The first-order chi connectivity index (χ1) is 8.51. The average molecular weight is 324 g/mol. The summed E-state index contributed by atoms with van der Waals surface area (Å²) in [4.78, 5) is 13.4. The van der Waals surface area contributed by atoms with Crippen LogP contribution in [0.15, 0.2) is 12.1 Å². The van der Waals surface area contributed by atoms with Crippen LogP contribution in [0.5, 0.6) is 0 Å². The first kappa shape index (κ1) is 15.0. The Labute approximate surface area is 112 Å². The van der Waals surface area contributed by atoms with Gasteiger partial charge in [0.1, 0.15) is 0 Å². The normalized spacial score (nSPS) is 10.5. The molecule has 0 aromatic heterocycles. The monoisotopic (exact) mass is 323 g/mol. The molecule has 0 aliphatic rings. The van der Waals surface area contributed by atoms with Crippen molar-refractivity contribution < 1.29 is 18.0 Å². The van der Waals surface area contributed by atoms with Gasteiger partial charge in [0.15, 0.2) is 17.5 Å². The van der Waals surface area contributed by atoms with Crippen LogP contribution in [0.25, 0.3) is 0 Å². The number of hydrogen-bond donors (Lipinski definition) is 0. The quantitative estimate of drug-likeness (QED) is 0.601. The molecule has 0 N–H and O–H groups in total. The van der Waals surface area contributed by atoms with E-state index in [9.17, 15) is 18.0 Å². The minimum Gasteiger partial charge on any atom is -0.339 e. The fourth-order valence-electron chi connectivity index (χ4n) is 1.52. The van der Waals surface area contributed by atoms with Crippen molar-refractivity contribution in [2.45, 2.75) is 13.3 Å². The van der Waals surface area contributed by atoms with Gasteiger partial charge < -0.3 is 4.90 Å². The van der Waals surface area contributed by atoms with E-state index in [1.54, 1.807) is 6.92 Å². The van der Waals surface area contributed by atoms with Crippen molar-refractivity contribution in [1.82, 2.24) is 4.90 Å². The zero-order valence-corrected chi connectivity index (χ0v) is 11.4. The number of rotatable bonds is 5. The molecule has 0 radical (unpaired) electrons. The van der Waals surface area contributed by atoms with E-state index in [-0.39, 0.29) is 5.56 Å². The third-order valence-corrected chi connectivity index (χ3v) is 3.02. The summed E-state index contributed by atoms with van der Waals surface area (Å²) in [5.74, 6) is -4.77. The molecule has 0 saturated heterocycles. The number of alkyl halides is 1. The van der Waals surface area contributed by atoms with Crippen molar-refractivity contribution in [2.75, 3.05) is 18.4 Å². The Kier molecular flexibility index (Phi) is 5.65.